The van der Waals surface area contributed by atoms with Crippen molar-refractivity contribution in [2.75, 3.05) is 25.2 Å². The van der Waals surface area contributed by atoms with Gasteiger partial charge in [0.05, 0.1) is 25.0 Å². The Balaban J connectivity index is 1.83. The maximum Gasteiger partial charge on any atom is 0.313 e. The van der Waals surface area contributed by atoms with E-state index in [2.05, 4.69) is 15.3 Å². The summed E-state index contributed by atoms with van der Waals surface area (Å²) in [7, 11) is -2.13. The molecule has 1 saturated heterocycles. The van der Waals surface area contributed by atoms with Gasteiger partial charge in [-0.1, -0.05) is 13.0 Å². The first kappa shape index (κ1) is 24.1. The molecule has 12 heteroatoms. The number of hydrogen-bond acceptors (Lipinski definition) is 8. The Morgan fingerprint density at radius 1 is 1.18 bits per heavy atom. The van der Waals surface area contributed by atoms with Crippen LogP contribution in [0.15, 0.2) is 35.6 Å². The summed E-state index contributed by atoms with van der Waals surface area (Å²) in [6.45, 7) is 2.32. The molecule has 2 aromatic heterocycles. The number of rotatable bonds is 5. The third kappa shape index (κ3) is 5.45. The molecule has 0 spiro atoms. The Hall–Kier alpha value is -3.54. The maximum atomic E-state index is 13.1. The van der Waals surface area contributed by atoms with Gasteiger partial charge in [0.25, 0.3) is 5.91 Å². The molecule has 1 fully saturated rings. The number of methoxy groups -OCH3 is 1. The third-order valence-electron chi connectivity index (χ3n) is 5.36. The highest BCUT2D eigenvalue weighted by Gasteiger charge is 2.34. The largest absolute Gasteiger partial charge is 0.480 e. The molecule has 33 heavy (non-hydrogen) atoms. The molecule has 2 unspecified atom stereocenters. The summed E-state index contributed by atoms with van der Waals surface area (Å²) < 4.78 is 28.3. The lowest BCUT2D eigenvalue weighted by Crippen LogP contribution is -2.46. The first-order chi connectivity index (χ1) is 15.5. The lowest BCUT2D eigenvalue weighted by molar-refractivity contribution is -0.146. The van der Waals surface area contributed by atoms with Gasteiger partial charge >= 0.3 is 11.8 Å². The summed E-state index contributed by atoms with van der Waals surface area (Å²) >= 11 is 0. The Morgan fingerprint density at radius 3 is 2.48 bits per heavy atom. The number of nitrogens with one attached hydrogen (secondary N) is 1. The van der Waals surface area contributed by atoms with Crippen molar-refractivity contribution in [2.24, 2.45) is 11.7 Å². The Bertz CT molecular complexity index is 1180. The van der Waals surface area contributed by atoms with Crippen LogP contribution < -0.4 is 15.8 Å². The topological polar surface area (TPSA) is 162 Å². The second-order valence-electron chi connectivity index (χ2n) is 7.96. The zero-order valence-electron chi connectivity index (χ0n) is 18.4. The van der Waals surface area contributed by atoms with Crippen molar-refractivity contribution >= 4 is 33.2 Å². The van der Waals surface area contributed by atoms with E-state index >= 15 is 0 Å². The van der Waals surface area contributed by atoms with E-state index in [1.807, 2.05) is 6.92 Å². The lowest BCUT2D eigenvalue weighted by Gasteiger charge is -2.38. The number of pyridine rings is 2. The number of aromatic nitrogens is 2. The van der Waals surface area contributed by atoms with Crippen LogP contribution in [0.25, 0.3) is 0 Å². The van der Waals surface area contributed by atoms with E-state index in [1.54, 1.807) is 6.07 Å². The van der Waals surface area contributed by atoms with Crippen LogP contribution in [-0.4, -0.2) is 60.9 Å². The average Bonchev–Trinajstić information content (AvgIpc) is 2.77. The fourth-order valence-electron chi connectivity index (χ4n) is 3.71. The Morgan fingerprint density at radius 2 is 1.91 bits per heavy atom. The molecule has 1 aliphatic heterocycles. The van der Waals surface area contributed by atoms with Crippen LogP contribution in [0.1, 0.15) is 41.7 Å². The van der Waals surface area contributed by atoms with Gasteiger partial charge < -0.3 is 20.7 Å². The molecular weight excluding hydrogens is 450 g/mol. The molecule has 2 atom stereocenters. The minimum absolute atomic E-state index is 0.00165. The molecule has 3 heterocycles. The summed E-state index contributed by atoms with van der Waals surface area (Å²) in [6, 6.07) is 3.84. The number of ether oxygens (including phenoxy) is 1. The van der Waals surface area contributed by atoms with Crippen molar-refractivity contribution in [3.63, 3.8) is 0 Å². The number of carbonyl (C=O) groups is 3. The number of amides is 3. The highest BCUT2D eigenvalue weighted by molar-refractivity contribution is 7.90. The number of sulfone groups is 1. The van der Waals surface area contributed by atoms with Crippen molar-refractivity contribution in [1.29, 1.82) is 0 Å². The second-order valence-corrected chi connectivity index (χ2v) is 9.92. The van der Waals surface area contributed by atoms with Crippen molar-refractivity contribution in [1.82, 2.24) is 14.9 Å². The first-order valence-corrected chi connectivity index (χ1v) is 12.0. The number of primary amides is 1. The van der Waals surface area contributed by atoms with Gasteiger partial charge in [0.15, 0.2) is 14.9 Å². The van der Waals surface area contributed by atoms with Crippen molar-refractivity contribution in [2.45, 2.75) is 30.8 Å². The van der Waals surface area contributed by atoms with Gasteiger partial charge in [-0.2, -0.15) is 0 Å². The Kier molecular flexibility index (Phi) is 6.96. The normalized spacial score (nSPS) is 18.5. The van der Waals surface area contributed by atoms with Crippen LogP contribution in [0.5, 0.6) is 5.88 Å². The minimum atomic E-state index is -3.46. The maximum absolute atomic E-state index is 13.1. The highest BCUT2D eigenvalue weighted by Crippen LogP contribution is 2.33. The molecule has 0 aromatic carbocycles. The van der Waals surface area contributed by atoms with Gasteiger partial charge in [0, 0.05) is 19.0 Å². The van der Waals surface area contributed by atoms with Crippen LogP contribution >= 0.6 is 0 Å². The van der Waals surface area contributed by atoms with Crippen LogP contribution in [0.3, 0.4) is 0 Å². The zero-order chi connectivity index (χ0) is 24.3. The van der Waals surface area contributed by atoms with Gasteiger partial charge in [0.2, 0.25) is 5.88 Å². The number of hydrogen-bond donors (Lipinski definition) is 2. The molecule has 0 bridgehead atoms. The Labute approximate surface area is 191 Å². The quantitative estimate of drug-likeness (QED) is 0.603. The predicted octanol–water partition coefficient (Wildman–Crippen LogP) is 0.926. The second kappa shape index (κ2) is 9.53. The van der Waals surface area contributed by atoms with E-state index in [4.69, 9.17) is 10.5 Å². The molecule has 3 rings (SSSR count). The first-order valence-electron chi connectivity index (χ1n) is 10.1. The monoisotopic (exact) mass is 475 g/mol. The number of nitrogens with two attached hydrogens (primary N) is 1. The van der Waals surface area contributed by atoms with Crippen LogP contribution in [-0.2, 0) is 19.4 Å². The number of anilines is 1. The smallest absolute Gasteiger partial charge is 0.313 e. The zero-order valence-corrected chi connectivity index (χ0v) is 19.3. The average molecular weight is 476 g/mol. The van der Waals surface area contributed by atoms with Crippen LogP contribution in [0.2, 0.25) is 0 Å². The molecule has 3 N–H and O–H groups in total. The molecular formula is C21H25N5O6S. The summed E-state index contributed by atoms with van der Waals surface area (Å²) in [5.41, 5.74) is 6.02. The highest BCUT2D eigenvalue weighted by atomic mass is 32.2. The van der Waals surface area contributed by atoms with Gasteiger partial charge in [-0.3, -0.25) is 14.4 Å². The number of piperidine rings is 1. The van der Waals surface area contributed by atoms with Gasteiger partial charge in [-0.25, -0.2) is 18.4 Å². The number of likely N-dealkylation sites (tertiary alicyclic amines) is 1. The van der Waals surface area contributed by atoms with Gasteiger partial charge in [-0.05, 0) is 36.5 Å². The number of nitrogens with zero attached hydrogens (tertiary/aromatic N) is 3. The van der Waals surface area contributed by atoms with Gasteiger partial charge in [0.1, 0.15) is 5.56 Å². The summed E-state index contributed by atoms with van der Waals surface area (Å²) in [6.07, 6.45) is 5.15. The molecule has 3 amide bonds. The van der Waals surface area contributed by atoms with E-state index in [0.717, 1.165) is 12.7 Å². The predicted molar refractivity (Wildman–Crippen MR) is 118 cm³/mol. The van der Waals surface area contributed by atoms with E-state index < -0.39 is 33.6 Å². The van der Waals surface area contributed by atoms with Crippen molar-refractivity contribution in [3.8, 4) is 5.88 Å². The van der Waals surface area contributed by atoms with Crippen molar-refractivity contribution in [3.05, 3.63) is 41.7 Å². The fourth-order valence-corrected chi connectivity index (χ4v) is 4.27. The summed E-state index contributed by atoms with van der Waals surface area (Å²) in [5.74, 6) is -2.30. The van der Waals surface area contributed by atoms with E-state index in [0.29, 0.717) is 18.5 Å². The van der Waals surface area contributed by atoms with Gasteiger partial charge in [-0.15, -0.1) is 0 Å². The van der Waals surface area contributed by atoms with Crippen molar-refractivity contribution < 1.29 is 27.5 Å². The number of carbonyl (C=O) groups excluding carboxylic acids is 3. The molecule has 0 aliphatic carbocycles. The standard InChI is InChI=1S/C21H25N5O6S/c1-12-4-6-16(13-5-7-17(23-9-13)33(3,30)31)26(11-12)21(29)19(28)25-14-8-15(18(22)27)20(32-2)24-10-14/h5,7-10,12,16H,4,6,11H2,1-3H3,(H2,22,27)(H,25,28). The molecule has 0 saturated carbocycles. The van der Waals surface area contributed by atoms with Crippen LogP contribution in [0.4, 0.5) is 5.69 Å². The molecule has 2 aromatic rings. The fraction of sp³-hybridized carbons (Fsp3) is 0.381. The minimum Gasteiger partial charge on any atom is -0.480 e. The van der Waals surface area contributed by atoms with Crippen LogP contribution in [0, 0.1) is 5.92 Å². The van der Waals surface area contributed by atoms with E-state index in [1.165, 1.54) is 36.5 Å². The molecule has 0 radical (unpaired) electrons. The summed E-state index contributed by atoms with van der Waals surface area (Å²) in [4.78, 5) is 46.8. The lowest BCUT2D eigenvalue weighted by atomic mass is 9.90. The summed E-state index contributed by atoms with van der Waals surface area (Å²) in [5, 5.41) is 2.38. The molecule has 1 aliphatic rings. The van der Waals surface area contributed by atoms with E-state index in [-0.39, 0.29) is 28.1 Å². The molecule has 11 nitrogen and oxygen atoms in total. The third-order valence-corrected chi connectivity index (χ3v) is 6.37. The molecule has 176 valence electrons. The van der Waals surface area contributed by atoms with E-state index in [9.17, 15) is 22.8 Å². The SMILES string of the molecule is COc1ncc(NC(=O)C(=O)N2CC(C)CCC2c2ccc(S(C)(=O)=O)nc2)cc1C(N)=O.